The van der Waals surface area contributed by atoms with E-state index in [0.29, 0.717) is 12.5 Å². The average Bonchev–Trinajstić information content (AvgIpc) is 2.93. The van der Waals surface area contributed by atoms with Crippen LogP contribution < -0.4 is 5.32 Å². The largest absolute Gasteiger partial charge is 0.350 e. The lowest BCUT2D eigenvalue weighted by atomic mass is 10.2. The predicted octanol–water partition coefficient (Wildman–Crippen LogP) is 2.66. The number of fused-ring (bicyclic) bond motifs is 1. The van der Waals surface area contributed by atoms with Gasteiger partial charge in [0.15, 0.2) is 0 Å². The van der Waals surface area contributed by atoms with Crippen molar-refractivity contribution in [2.45, 2.75) is 19.9 Å². The van der Waals surface area contributed by atoms with Gasteiger partial charge in [-0.1, -0.05) is 13.0 Å². The highest BCUT2D eigenvalue weighted by atomic mass is 32.1. The van der Waals surface area contributed by atoms with Gasteiger partial charge >= 0.3 is 0 Å². The van der Waals surface area contributed by atoms with Crippen LogP contribution in [0.15, 0.2) is 30.6 Å². The topological polar surface area (TPSA) is 63.6 Å². The molecule has 19 heavy (non-hydrogen) atoms. The summed E-state index contributed by atoms with van der Waals surface area (Å²) in [5, 5.41) is 3.20. The summed E-state index contributed by atoms with van der Waals surface area (Å²) in [5.74, 6) is 0.647. The zero-order valence-corrected chi connectivity index (χ0v) is 11.3. The van der Waals surface area contributed by atoms with Gasteiger partial charge in [0.2, 0.25) is 5.95 Å². The van der Waals surface area contributed by atoms with Crippen molar-refractivity contribution in [2.75, 3.05) is 5.32 Å². The molecule has 2 heterocycles. The molecule has 3 rings (SSSR count). The van der Waals surface area contributed by atoms with Crippen LogP contribution in [0.5, 0.6) is 0 Å². The van der Waals surface area contributed by atoms with E-state index in [-0.39, 0.29) is 0 Å². The molecular weight excluding hydrogens is 258 g/mol. The van der Waals surface area contributed by atoms with Gasteiger partial charge in [0.25, 0.3) is 0 Å². The molecule has 96 valence electrons. The summed E-state index contributed by atoms with van der Waals surface area (Å²) in [6.07, 6.45) is 4.65. The predicted molar refractivity (Wildman–Crippen MR) is 76.2 cm³/mol. The maximum atomic E-state index is 4.27. The van der Waals surface area contributed by atoms with E-state index in [0.717, 1.165) is 28.6 Å². The Morgan fingerprint density at radius 2 is 1.84 bits per heavy atom. The minimum Gasteiger partial charge on any atom is -0.350 e. The highest BCUT2D eigenvalue weighted by Gasteiger charge is 2.01. The van der Waals surface area contributed by atoms with Crippen molar-refractivity contribution in [3.63, 3.8) is 0 Å². The van der Waals surface area contributed by atoms with Crippen LogP contribution in [0.25, 0.3) is 11.0 Å². The first-order valence-corrected chi connectivity index (χ1v) is 6.84. The molecule has 0 saturated carbocycles. The van der Waals surface area contributed by atoms with Crippen molar-refractivity contribution in [1.29, 1.82) is 0 Å². The zero-order valence-electron chi connectivity index (χ0n) is 10.5. The maximum absolute atomic E-state index is 4.27. The summed E-state index contributed by atoms with van der Waals surface area (Å²) in [7, 11) is 0. The Hall–Kier alpha value is -2.08. The Labute approximate surface area is 115 Å². The van der Waals surface area contributed by atoms with Gasteiger partial charge in [-0.2, -0.15) is 8.75 Å². The van der Waals surface area contributed by atoms with Gasteiger partial charge in [-0.25, -0.2) is 9.97 Å². The molecule has 1 N–H and O–H groups in total. The van der Waals surface area contributed by atoms with Crippen LogP contribution in [-0.2, 0) is 13.0 Å². The summed E-state index contributed by atoms with van der Waals surface area (Å²) >= 11 is 1.24. The summed E-state index contributed by atoms with van der Waals surface area (Å²) < 4.78 is 8.41. The third-order valence-electron chi connectivity index (χ3n) is 2.88. The molecule has 0 amide bonds. The van der Waals surface area contributed by atoms with Crippen LogP contribution in [0.1, 0.15) is 18.1 Å². The fraction of sp³-hybridized carbons (Fsp3) is 0.231. The molecule has 0 spiro atoms. The number of anilines is 1. The van der Waals surface area contributed by atoms with Crippen LogP contribution >= 0.6 is 11.7 Å². The van der Waals surface area contributed by atoms with Crippen LogP contribution in [0, 0.1) is 0 Å². The standard InChI is InChI=1S/C13H13N5S/c1-2-9-6-14-13(15-7-9)16-8-10-3-4-11-12(5-10)18-19-17-11/h3-7H,2,8H2,1H3,(H,14,15,16). The van der Waals surface area contributed by atoms with Gasteiger partial charge in [-0.15, -0.1) is 0 Å². The lowest BCUT2D eigenvalue weighted by Crippen LogP contribution is -2.03. The summed E-state index contributed by atoms with van der Waals surface area (Å²) in [4.78, 5) is 8.54. The lowest BCUT2D eigenvalue weighted by molar-refractivity contribution is 1.01. The van der Waals surface area contributed by atoms with Crippen molar-refractivity contribution in [3.05, 3.63) is 41.7 Å². The molecule has 0 atom stereocenters. The SMILES string of the molecule is CCc1cnc(NCc2ccc3nsnc3c2)nc1. The van der Waals surface area contributed by atoms with E-state index in [2.05, 4.69) is 31.0 Å². The van der Waals surface area contributed by atoms with Crippen LogP contribution in [0.2, 0.25) is 0 Å². The molecule has 0 aliphatic heterocycles. The van der Waals surface area contributed by atoms with Gasteiger partial charge in [0, 0.05) is 18.9 Å². The molecule has 3 aromatic rings. The van der Waals surface area contributed by atoms with E-state index in [1.54, 1.807) is 0 Å². The van der Waals surface area contributed by atoms with E-state index in [4.69, 9.17) is 0 Å². The number of aromatic nitrogens is 4. The third kappa shape index (κ3) is 2.68. The molecular formula is C13H13N5S. The molecule has 0 fully saturated rings. The first-order valence-electron chi connectivity index (χ1n) is 6.11. The average molecular weight is 271 g/mol. The third-order valence-corrected chi connectivity index (χ3v) is 3.44. The molecule has 6 heteroatoms. The number of nitrogens with one attached hydrogen (secondary N) is 1. The van der Waals surface area contributed by atoms with Crippen LogP contribution in [0.4, 0.5) is 5.95 Å². The van der Waals surface area contributed by atoms with E-state index < -0.39 is 0 Å². The fourth-order valence-corrected chi connectivity index (χ4v) is 2.26. The van der Waals surface area contributed by atoms with Crippen LogP contribution in [-0.4, -0.2) is 18.7 Å². The Kier molecular flexibility index (Phi) is 3.33. The van der Waals surface area contributed by atoms with E-state index in [9.17, 15) is 0 Å². The van der Waals surface area contributed by atoms with Crippen molar-refractivity contribution < 1.29 is 0 Å². The fourth-order valence-electron chi connectivity index (χ4n) is 1.75. The van der Waals surface area contributed by atoms with Gasteiger partial charge in [0.1, 0.15) is 11.0 Å². The monoisotopic (exact) mass is 271 g/mol. The number of nitrogens with zero attached hydrogens (tertiary/aromatic N) is 4. The van der Waals surface area contributed by atoms with Gasteiger partial charge in [0.05, 0.1) is 11.7 Å². The minimum absolute atomic E-state index is 0.647. The summed E-state index contributed by atoms with van der Waals surface area (Å²) in [6, 6.07) is 6.06. The molecule has 0 aliphatic carbocycles. The van der Waals surface area contributed by atoms with E-state index >= 15 is 0 Å². The highest BCUT2D eigenvalue weighted by Crippen LogP contribution is 2.14. The number of rotatable bonds is 4. The van der Waals surface area contributed by atoms with Gasteiger partial charge in [-0.05, 0) is 29.7 Å². The molecule has 5 nitrogen and oxygen atoms in total. The quantitative estimate of drug-likeness (QED) is 0.790. The van der Waals surface area contributed by atoms with Gasteiger partial charge < -0.3 is 5.32 Å². The molecule has 0 saturated heterocycles. The molecule has 0 radical (unpaired) electrons. The lowest BCUT2D eigenvalue weighted by Gasteiger charge is -2.05. The minimum atomic E-state index is 0.647. The van der Waals surface area contributed by atoms with Crippen molar-refractivity contribution in [2.24, 2.45) is 0 Å². The number of benzene rings is 1. The zero-order chi connectivity index (χ0) is 13.1. The van der Waals surface area contributed by atoms with E-state index in [1.807, 2.05) is 30.6 Å². The molecule has 0 unspecified atom stereocenters. The molecule has 0 bridgehead atoms. The second-order valence-electron chi connectivity index (χ2n) is 4.21. The molecule has 0 aliphatic rings. The Morgan fingerprint density at radius 1 is 1.05 bits per heavy atom. The molecule has 2 aromatic heterocycles. The van der Waals surface area contributed by atoms with Crippen molar-refractivity contribution in [1.82, 2.24) is 18.7 Å². The summed E-state index contributed by atoms with van der Waals surface area (Å²) in [5.41, 5.74) is 4.16. The number of hydrogen-bond donors (Lipinski definition) is 1. The van der Waals surface area contributed by atoms with Gasteiger partial charge in [-0.3, -0.25) is 0 Å². The Morgan fingerprint density at radius 3 is 2.63 bits per heavy atom. The van der Waals surface area contributed by atoms with Crippen molar-refractivity contribution in [3.8, 4) is 0 Å². The van der Waals surface area contributed by atoms with E-state index in [1.165, 1.54) is 11.7 Å². The first kappa shape index (κ1) is 12.0. The normalized spacial score (nSPS) is 10.8. The molecule has 1 aromatic carbocycles. The number of aryl methyl sites for hydroxylation is 1. The Balaban J connectivity index is 1.70. The summed E-state index contributed by atoms with van der Waals surface area (Å²) in [6.45, 7) is 2.77. The maximum Gasteiger partial charge on any atom is 0.222 e. The Bertz CT molecular complexity index is 677. The smallest absolute Gasteiger partial charge is 0.222 e. The second-order valence-corrected chi connectivity index (χ2v) is 4.74. The number of hydrogen-bond acceptors (Lipinski definition) is 6. The van der Waals surface area contributed by atoms with Crippen LogP contribution in [0.3, 0.4) is 0 Å². The second kappa shape index (κ2) is 5.27. The highest BCUT2D eigenvalue weighted by molar-refractivity contribution is 7.00. The van der Waals surface area contributed by atoms with Crippen molar-refractivity contribution >= 4 is 28.7 Å². The first-order chi connectivity index (χ1) is 9.35.